The Morgan fingerprint density at radius 2 is 0.857 bits per heavy atom. The van der Waals surface area contributed by atoms with Gasteiger partial charge < -0.3 is 0 Å². The maximum atomic E-state index is 2.57. The van der Waals surface area contributed by atoms with E-state index < -0.39 is 0 Å². The van der Waals surface area contributed by atoms with E-state index in [0.29, 0.717) is 23.7 Å². The molecule has 0 nitrogen and oxygen atoms in total. The lowest BCUT2D eigenvalue weighted by Crippen LogP contribution is -2.00. The van der Waals surface area contributed by atoms with Crippen molar-refractivity contribution >= 4 is 11.1 Å². The van der Waals surface area contributed by atoms with Crippen molar-refractivity contribution in [3.63, 3.8) is 0 Å². The summed E-state index contributed by atoms with van der Waals surface area (Å²) in [5.74, 6) is 1.66. The van der Waals surface area contributed by atoms with Gasteiger partial charge in [-0.25, -0.2) is 0 Å². The van der Waals surface area contributed by atoms with Crippen LogP contribution in [0.5, 0.6) is 0 Å². The fourth-order valence-electron chi connectivity index (χ4n) is 6.22. The lowest BCUT2D eigenvalue weighted by Gasteiger charge is -2.16. The molecule has 0 saturated carbocycles. The first-order chi connectivity index (χ1) is 17.2. The number of rotatable bonds is 6. The van der Waals surface area contributed by atoms with Crippen molar-refractivity contribution in [1.29, 1.82) is 0 Å². The summed E-state index contributed by atoms with van der Waals surface area (Å²) in [5.41, 5.74) is 11.6. The monoisotopic (exact) mass is 452 g/mol. The van der Waals surface area contributed by atoms with Gasteiger partial charge in [-0.15, -0.1) is 0 Å². The third-order valence-corrected chi connectivity index (χ3v) is 8.14. The average Bonchev–Trinajstić information content (AvgIpc) is 3.48. The Labute approximate surface area is 209 Å². The molecule has 0 amide bonds. The van der Waals surface area contributed by atoms with Crippen LogP contribution in [0.4, 0.5) is 0 Å². The number of fused-ring (bicyclic) bond motifs is 2. The molecule has 0 heterocycles. The lowest BCUT2D eigenvalue weighted by atomic mass is 9.87. The topological polar surface area (TPSA) is 0 Å². The fraction of sp³-hybridized carbons (Fsp3) is 0.200. The summed E-state index contributed by atoms with van der Waals surface area (Å²) >= 11 is 0. The standard InChI is InChI=1S/C35H32/c1-24(26-13-5-3-6-14-26)34-22-28(30-17-9-11-19-32(30)34)21-29-23-35(33-20-12-10-18-31(29)33)25(2)27-15-7-4-8-16-27/h3-20,22-25,28-29H,21H2,1-2H3. The summed E-state index contributed by atoms with van der Waals surface area (Å²) in [4.78, 5) is 0. The highest BCUT2D eigenvalue weighted by molar-refractivity contribution is 5.81. The third kappa shape index (κ3) is 3.98. The molecule has 6 rings (SSSR count). The van der Waals surface area contributed by atoms with Gasteiger partial charge in [-0.1, -0.05) is 135 Å². The van der Waals surface area contributed by atoms with Crippen molar-refractivity contribution in [2.45, 2.75) is 43.9 Å². The second-order valence-electron chi connectivity index (χ2n) is 10.1. The molecular formula is C35H32. The van der Waals surface area contributed by atoms with Gasteiger partial charge in [0.2, 0.25) is 0 Å². The van der Waals surface area contributed by atoms with E-state index in [9.17, 15) is 0 Å². The van der Waals surface area contributed by atoms with Gasteiger partial charge in [-0.2, -0.15) is 0 Å². The molecule has 0 radical (unpaired) electrons. The number of hydrogen-bond donors (Lipinski definition) is 0. The first-order valence-electron chi connectivity index (χ1n) is 12.9. The van der Waals surface area contributed by atoms with Crippen molar-refractivity contribution in [1.82, 2.24) is 0 Å². The molecule has 172 valence electrons. The molecule has 0 bridgehead atoms. The maximum absolute atomic E-state index is 2.57. The van der Waals surface area contributed by atoms with Gasteiger partial charge in [0.15, 0.2) is 0 Å². The van der Waals surface area contributed by atoms with Crippen LogP contribution in [-0.2, 0) is 0 Å². The van der Waals surface area contributed by atoms with E-state index in [4.69, 9.17) is 0 Å². The predicted molar refractivity (Wildman–Crippen MR) is 149 cm³/mol. The lowest BCUT2D eigenvalue weighted by molar-refractivity contribution is 0.685. The minimum absolute atomic E-state index is 0.391. The zero-order valence-electron chi connectivity index (χ0n) is 20.6. The van der Waals surface area contributed by atoms with Crippen molar-refractivity contribution in [2.75, 3.05) is 0 Å². The Kier molecular flexibility index (Phi) is 5.74. The van der Waals surface area contributed by atoms with Gasteiger partial charge in [-0.3, -0.25) is 0 Å². The smallest absolute Gasteiger partial charge is 0.00641 e. The van der Waals surface area contributed by atoms with E-state index in [1.54, 1.807) is 0 Å². The molecular weight excluding hydrogens is 420 g/mol. The van der Waals surface area contributed by atoms with Gasteiger partial charge in [0.05, 0.1) is 0 Å². The summed E-state index contributed by atoms with van der Waals surface area (Å²) in [5, 5.41) is 0. The van der Waals surface area contributed by atoms with E-state index >= 15 is 0 Å². The summed E-state index contributed by atoms with van der Waals surface area (Å²) in [7, 11) is 0. The van der Waals surface area contributed by atoms with Crippen LogP contribution < -0.4 is 0 Å². The predicted octanol–water partition coefficient (Wildman–Crippen LogP) is 9.35. The van der Waals surface area contributed by atoms with Crippen LogP contribution >= 0.6 is 0 Å². The van der Waals surface area contributed by atoms with E-state index in [0.717, 1.165) is 6.42 Å². The first kappa shape index (κ1) is 21.9. The van der Waals surface area contributed by atoms with Crippen LogP contribution in [0.25, 0.3) is 11.1 Å². The minimum Gasteiger partial charge on any atom is -0.0725 e. The molecule has 2 aliphatic rings. The number of allylic oxidation sites excluding steroid dienone is 4. The first-order valence-corrected chi connectivity index (χ1v) is 12.9. The summed E-state index contributed by atoms with van der Waals surface area (Å²) in [6.45, 7) is 4.70. The molecule has 4 aromatic carbocycles. The molecule has 0 saturated heterocycles. The largest absolute Gasteiger partial charge is 0.0725 e. The van der Waals surface area contributed by atoms with E-state index in [1.807, 2.05) is 0 Å². The minimum atomic E-state index is 0.391. The molecule has 2 aliphatic carbocycles. The summed E-state index contributed by atoms with van der Waals surface area (Å²) in [6, 6.07) is 40.0. The van der Waals surface area contributed by atoms with E-state index in [2.05, 4.69) is 135 Å². The Morgan fingerprint density at radius 1 is 0.486 bits per heavy atom. The van der Waals surface area contributed by atoms with Crippen molar-refractivity contribution < 1.29 is 0 Å². The zero-order valence-corrected chi connectivity index (χ0v) is 20.6. The fourth-order valence-corrected chi connectivity index (χ4v) is 6.22. The molecule has 4 aromatic rings. The van der Waals surface area contributed by atoms with Crippen LogP contribution in [0, 0.1) is 0 Å². The molecule has 0 fully saturated rings. The Bertz CT molecular complexity index is 1280. The molecule has 4 unspecified atom stereocenters. The SMILES string of the molecule is CC(C1=CC(CC2C=C(C(C)c3ccccc3)c3ccccc32)c2ccccc21)c1ccccc1. The van der Waals surface area contributed by atoms with E-state index in [-0.39, 0.29) is 0 Å². The van der Waals surface area contributed by atoms with Crippen LogP contribution in [0.3, 0.4) is 0 Å². The second kappa shape index (κ2) is 9.19. The molecule has 0 N–H and O–H groups in total. The molecule has 35 heavy (non-hydrogen) atoms. The molecule has 0 spiro atoms. The normalized spacial score (nSPS) is 19.9. The molecule has 0 aliphatic heterocycles. The highest BCUT2D eigenvalue weighted by atomic mass is 14.4. The Balaban J connectivity index is 1.35. The molecule has 0 heteroatoms. The van der Waals surface area contributed by atoms with Gasteiger partial charge in [0, 0.05) is 23.7 Å². The number of hydrogen-bond acceptors (Lipinski definition) is 0. The molecule has 0 aromatic heterocycles. The quantitative estimate of drug-likeness (QED) is 0.273. The Hall–Kier alpha value is -3.64. The Morgan fingerprint density at radius 3 is 1.29 bits per heavy atom. The maximum Gasteiger partial charge on any atom is 0.00641 e. The summed E-state index contributed by atoms with van der Waals surface area (Å²) < 4.78 is 0. The van der Waals surface area contributed by atoms with Gasteiger partial charge in [0.25, 0.3) is 0 Å². The van der Waals surface area contributed by atoms with Gasteiger partial charge in [-0.05, 0) is 50.9 Å². The highest BCUT2D eigenvalue weighted by Crippen LogP contribution is 2.50. The second-order valence-corrected chi connectivity index (χ2v) is 10.1. The van der Waals surface area contributed by atoms with Crippen molar-refractivity contribution in [2.24, 2.45) is 0 Å². The average molecular weight is 453 g/mol. The summed E-state index contributed by atoms with van der Waals surface area (Å²) in [6.07, 6.45) is 6.25. The van der Waals surface area contributed by atoms with Gasteiger partial charge in [0.1, 0.15) is 0 Å². The van der Waals surface area contributed by atoms with Crippen molar-refractivity contribution in [3.05, 3.63) is 155 Å². The van der Waals surface area contributed by atoms with Crippen LogP contribution in [0.15, 0.2) is 121 Å². The van der Waals surface area contributed by atoms with Crippen LogP contribution in [0.1, 0.15) is 77.3 Å². The number of benzene rings is 4. The highest BCUT2D eigenvalue weighted by Gasteiger charge is 2.32. The van der Waals surface area contributed by atoms with E-state index in [1.165, 1.54) is 44.5 Å². The van der Waals surface area contributed by atoms with Crippen LogP contribution in [-0.4, -0.2) is 0 Å². The zero-order chi connectivity index (χ0) is 23.8. The van der Waals surface area contributed by atoms with Crippen LogP contribution in [0.2, 0.25) is 0 Å². The van der Waals surface area contributed by atoms with Crippen molar-refractivity contribution in [3.8, 4) is 0 Å². The third-order valence-electron chi connectivity index (χ3n) is 8.14. The molecule has 4 atom stereocenters. The van der Waals surface area contributed by atoms with Gasteiger partial charge >= 0.3 is 0 Å².